The van der Waals surface area contributed by atoms with Crippen LogP contribution in [0.1, 0.15) is 29.4 Å². The van der Waals surface area contributed by atoms with E-state index in [0.717, 1.165) is 6.26 Å². The molecular formula is C12H16N2O4S. The van der Waals surface area contributed by atoms with Crippen LogP contribution in [0.2, 0.25) is 0 Å². The van der Waals surface area contributed by atoms with Crippen LogP contribution in [0.25, 0.3) is 0 Å². The Hall–Kier alpha value is -1.76. The van der Waals surface area contributed by atoms with Crippen LogP contribution in [-0.2, 0) is 21.0 Å². The summed E-state index contributed by atoms with van der Waals surface area (Å²) in [6.07, 6.45) is 2.84. The van der Waals surface area contributed by atoms with Crippen LogP contribution in [0, 0.1) is 5.41 Å². The molecule has 1 rings (SSSR count). The first kappa shape index (κ1) is 15.3. The molecule has 0 aliphatic rings. The Morgan fingerprint density at radius 2 is 2.11 bits per heavy atom. The number of pyridine rings is 1. The minimum atomic E-state index is -3.42. The Bertz CT molecular complexity index is 564. The van der Waals surface area contributed by atoms with E-state index in [1.54, 1.807) is 19.1 Å². The lowest BCUT2D eigenvalue weighted by Crippen LogP contribution is -2.12. The monoisotopic (exact) mass is 284 g/mol. The van der Waals surface area contributed by atoms with E-state index in [2.05, 4.69) is 4.98 Å². The summed E-state index contributed by atoms with van der Waals surface area (Å²) >= 11 is 0. The van der Waals surface area contributed by atoms with Crippen molar-refractivity contribution in [1.82, 2.24) is 4.98 Å². The zero-order valence-electron chi connectivity index (χ0n) is 10.8. The van der Waals surface area contributed by atoms with Crippen molar-refractivity contribution >= 4 is 20.9 Å². The van der Waals surface area contributed by atoms with E-state index in [-0.39, 0.29) is 11.5 Å². The third-order valence-electron chi connectivity index (χ3n) is 2.39. The van der Waals surface area contributed by atoms with E-state index in [4.69, 9.17) is 10.1 Å². The minimum Gasteiger partial charge on any atom is -0.462 e. The number of aryl methyl sites for hydroxylation is 1. The normalized spacial score (nSPS) is 11.1. The second-order valence-electron chi connectivity index (χ2n) is 3.95. The molecule has 0 aromatic carbocycles. The zero-order chi connectivity index (χ0) is 14.5. The highest BCUT2D eigenvalue weighted by molar-refractivity contribution is 8.05. The smallest absolute Gasteiger partial charge is 0.339 e. The van der Waals surface area contributed by atoms with Gasteiger partial charge in [0.2, 0.25) is 0 Å². The number of nitrogens with zero attached hydrogens (tertiary/aromatic N) is 1. The van der Waals surface area contributed by atoms with Gasteiger partial charge in [-0.1, -0.05) is 0 Å². The summed E-state index contributed by atoms with van der Waals surface area (Å²) in [5, 5.41) is 7.05. The molecule has 0 saturated carbocycles. The molecule has 0 amide bonds. The number of aromatic nitrogens is 1. The van der Waals surface area contributed by atoms with E-state index in [1.165, 1.54) is 6.20 Å². The van der Waals surface area contributed by atoms with Crippen LogP contribution < -0.4 is 0 Å². The molecule has 0 spiro atoms. The first-order valence-corrected chi connectivity index (χ1v) is 7.63. The molecule has 19 heavy (non-hydrogen) atoms. The molecule has 0 aliphatic heterocycles. The minimum absolute atomic E-state index is 0.102. The van der Waals surface area contributed by atoms with Gasteiger partial charge in [-0.05, 0) is 25.5 Å². The van der Waals surface area contributed by atoms with Crippen LogP contribution in [-0.4, -0.2) is 37.3 Å². The van der Waals surface area contributed by atoms with Crippen LogP contribution >= 0.6 is 0 Å². The lowest BCUT2D eigenvalue weighted by molar-refractivity contribution is 0.0526. The number of sulfone groups is 1. The largest absolute Gasteiger partial charge is 0.462 e. The molecule has 104 valence electrons. The predicted molar refractivity (Wildman–Crippen MR) is 71.1 cm³/mol. The van der Waals surface area contributed by atoms with Gasteiger partial charge in [0.25, 0.3) is 0 Å². The van der Waals surface area contributed by atoms with Gasteiger partial charge in [0.05, 0.1) is 12.2 Å². The summed E-state index contributed by atoms with van der Waals surface area (Å²) in [4.78, 5) is 15.4. The second kappa shape index (κ2) is 6.42. The summed E-state index contributed by atoms with van der Waals surface area (Å²) in [6, 6.07) is 3.20. The van der Waals surface area contributed by atoms with Crippen LogP contribution in [0.4, 0.5) is 0 Å². The summed E-state index contributed by atoms with van der Waals surface area (Å²) in [5.41, 5.74) is 0.977. The Morgan fingerprint density at radius 3 is 2.58 bits per heavy atom. The van der Waals surface area contributed by atoms with E-state index < -0.39 is 15.8 Å². The number of nitrogens with one attached hydrogen (secondary N) is 1. The molecule has 0 unspecified atom stereocenters. The molecule has 0 atom stereocenters. The molecule has 0 aliphatic carbocycles. The van der Waals surface area contributed by atoms with Crippen molar-refractivity contribution in [3.8, 4) is 0 Å². The Kier molecular flexibility index (Phi) is 5.17. The van der Waals surface area contributed by atoms with Crippen molar-refractivity contribution in [3.63, 3.8) is 0 Å². The van der Waals surface area contributed by atoms with Gasteiger partial charge in [0, 0.05) is 24.6 Å². The lowest BCUT2D eigenvalue weighted by Gasteiger charge is -2.04. The molecule has 0 bridgehead atoms. The van der Waals surface area contributed by atoms with Gasteiger partial charge in [-0.25, -0.2) is 13.2 Å². The van der Waals surface area contributed by atoms with Gasteiger partial charge < -0.3 is 4.74 Å². The molecule has 6 nitrogen and oxygen atoms in total. The number of carbonyl (C=O) groups excluding carboxylic acids is 1. The summed E-state index contributed by atoms with van der Waals surface area (Å²) in [5.74, 6) is -0.439. The van der Waals surface area contributed by atoms with Crippen LogP contribution in [0.5, 0.6) is 0 Å². The third kappa shape index (κ3) is 4.78. The molecular weight excluding hydrogens is 268 g/mol. The van der Waals surface area contributed by atoms with Gasteiger partial charge in [-0.3, -0.25) is 10.4 Å². The summed E-state index contributed by atoms with van der Waals surface area (Å²) in [7, 11) is -3.42. The summed E-state index contributed by atoms with van der Waals surface area (Å²) < 4.78 is 26.9. The Morgan fingerprint density at radius 1 is 1.42 bits per heavy atom. The highest BCUT2D eigenvalue weighted by atomic mass is 32.2. The molecule has 1 aromatic heterocycles. The maximum Gasteiger partial charge on any atom is 0.339 e. The second-order valence-corrected chi connectivity index (χ2v) is 5.99. The van der Waals surface area contributed by atoms with Gasteiger partial charge in [-0.15, -0.1) is 0 Å². The maximum atomic E-state index is 11.4. The fourth-order valence-electron chi connectivity index (χ4n) is 1.33. The average Bonchev–Trinajstić information content (AvgIpc) is 2.35. The molecule has 1 heterocycles. The Labute approximate surface area is 112 Å². The van der Waals surface area contributed by atoms with Gasteiger partial charge >= 0.3 is 5.97 Å². The van der Waals surface area contributed by atoms with Gasteiger partial charge in [0.15, 0.2) is 9.84 Å². The fourth-order valence-corrected chi connectivity index (χ4v) is 1.81. The molecule has 1 aromatic rings. The molecule has 0 saturated heterocycles. The number of hydrogen-bond donors (Lipinski definition) is 1. The van der Waals surface area contributed by atoms with E-state index in [1.807, 2.05) is 0 Å². The number of esters is 1. The van der Waals surface area contributed by atoms with Crippen molar-refractivity contribution < 1.29 is 17.9 Å². The highest BCUT2D eigenvalue weighted by Gasteiger charge is 2.12. The standard InChI is InChI=1S/C12H16N2O4S/c1-3-18-12(15)9-4-5-10(14-8-9)6-7-11(13)19(2,16)17/h4-5,8,13H,3,6-7H2,1-2H3. The molecule has 7 heteroatoms. The first-order chi connectivity index (χ1) is 8.84. The third-order valence-corrected chi connectivity index (χ3v) is 3.49. The quantitative estimate of drug-likeness (QED) is 0.498. The molecule has 0 radical (unpaired) electrons. The van der Waals surface area contributed by atoms with E-state index in [0.29, 0.717) is 24.3 Å². The van der Waals surface area contributed by atoms with Crippen molar-refractivity contribution in [2.24, 2.45) is 0 Å². The van der Waals surface area contributed by atoms with E-state index in [9.17, 15) is 13.2 Å². The number of ether oxygens (including phenoxy) is 1. The number of rotatable bonds is 5. The highest BCUT2D eigenvalue weighted by Crippen LogP contribution is 2.06. The molecule has 1 N–H and O–H groups in total. The van der Waals surface area contributed by atoms with E-state index >= 15 is 0 Å². The van der Waals surface area contributed by atoms with Crippen molar-refractivity contribution in [1.29, 1.82) is 5.41 Å². The Balaban J connectivity index is 2.63. The topological polar surface area (TPSA) is 97.2 Å². The van der Waals surface area contributed by atoms with Crippen molar-refractivity contribution in [2.45, 2.75) is 19.8 Å². The number of carbonyl (C=O) groups is 1. The average molecular weight is 284 g/mol. The zero-order valence-corrected chi connectivity index (χ0v) is 11.7. The summed E-state index contributed by atoms with van der Waals surface area (Å²) in [6.45, 7) is 2.02. The van der Waals surface area contributed by atoms with Gasteiger partial charge in [0.1, 0.15) is 5.04 Å². The maximum absolute atomic E-state index is 11.4. The first-order valence-electron chi connectivity index (χ1n) is 5.74. The molecule has 0 fully saturated rings. The van der Waals surface area contributed by atoms with Crippen molar-refractivity contribution in [2.75, 3.05) is 12.9 Å². The number of hydrogen-bond acceptors (Lipinski definition) is 6. The van der Waals surface area contributed by atoms with Crippen LogP contribution in [0.3, 0.4) is 0 Å². The SMILES string of the molecule is CCOC(=O)c1ccc(CCC(=N)S(C)(=O)=O)nc1. The fraction of sp³-hybridized carbons (Fsp3) is 0.417. The van der Waals surface area contributed by atoms with Gasteiger partial charge in [-0.2, -0.15) is 0 Å². The van der Waals surface area contributed by atoms with Crippen molar-refractivity contribution in [3.05, 3.63) is 29.6 Å². The van der Waals surface area contributed by atoms with Crippen LogP contribution in [0.15, 0.2) is 18.3 Å². The lowest BCUT2D eigenvalue weighted by atomic mass is 10.2. The predicted octanol–water partition coefficient (Wildman–Crippen LogP) is 1.21.